The summed E-state index contributed by atoms with van der Waals surface area (Å²) in [6, 6.07) is 1.37. The van der Waals surface area contributed by atoms with Crippen LogP contribution in [-0.4, -0.2) is 23.7 Å². The van der Waals surface area contributed by atoms with E-state index in [0.717, 1.165) is 0 Å². The maximum atomic E-state index is 13.0. The van der Waals surface area contributed by atoms with Gasteiger partial charge < -0.3 is 10.4 Å². The minimum absolute atomic E-state index is 0.113. The Balaban J connectivity index is 2.91. The first-order chi connectivity index (χ1) is 6.15. The van der Waals surface area contributed by atoms with Crippen molar-refractivity contribution in [3.05, 3.63) is 28.8 Å². The van der Waals surface area contributed by atoms with Gasteiger partial charge in [-0.2, -0.15) is 4.39 Å². The predicted octanol–water partition coefficient (Wildman–Crippen LogP) is 1.13. The highest BCUT2D eigenvalue weighted by atomic mass is 35.5. The van der Waals surface area contributed by atoms with Gasteiger partial charge in [-0.25, -0.2) is 4.98 Å². The molecule has 0 radical (unpaired) electrons. The zero-order valence-electron chi connectivity index (χ0n) is 7.09. The summed E-state index contributed by atoms with van der Waals surface area (Å²) in [7, 11) is 1.67. The molecule has 1 atom stereocenters. The Morgan fingerprint density at radius 2 is 2.46 bits per heavy atom. The lowest BCUT2D eigenvalue weighted by Crippen LogP contribution is -2.18. The average molecular weight is 205 g/mol. The number of rotatable bonds is 3. The molecular formula is C8H10ClFN2O. The molecule has 0 aliphatic rings. The minimum atomic E-state index is -0.920. The molecule has 0 spiro atoms. The van der Waals surface area contributed by atoms with Crippen LogP contribution in [0, 0.1) is 5.95 Å². The molecule has 0 fully saturated rings. The van der Waals surface area contributed by atoms with Gasteiger partial charge in [0.1, 0.15) is 0 Å². The Bertz CT molecular complexity index is 295. The van der Waals surface area contributed by atoms with Crippen LogP contribution in [0.1, 0.15) is 11.7 Å². The van der Waals surface area contributed by atoms with Gasteiger partial charge in [-0.3, -0.25) is 0 Å². The van der Waals surface area contributed by atoms with Crippen LogP contribution in [0.3, 0.4) is 0 Å². The summed E-state index contributed by atoms with van der Waals surface area (Å²) < 4.78 is 13.0. The molecule has 2 N–H and O–H groups in total. The Morgan fingerprint density at radius 1 is 1.77 bits per heavy atom. The van der Waals surface area contributed by atoms with Crippen molar-refractivity contribution in [3.8, 4) is 0 Å². The van der Waals surface area contributed by atoms with Gasteiger partial charge in [-0.1, -0.05) is 11.6 Å². The monoisotopic (exact) mass is 204 g/mol. The van der Waals surface area contributed by atoms with Crippen molar-refractivity contribution >= 4 is 11.6 Å². The predicted molar refractivity (Wildman–Crippen MR) is 48.1 cm³/mol. The van der Waals surface area contributed by atoms with Gasteiger partial charge in [0, 0.05) is 18.3 Å². The summed E-state index contributed by atoms with van der Waals surface area (Å²) in [4.78, 5) is 3.40. The van der Waals surface area contributed by atoms with Crippen LogP contribution < -0.4 is 5.32 Å². The topological polar surface area (TPSA) is 45.1 Å². The number of nitrogens with one attached hydrogen (secondary N) is 1. The molecule has 13 heavy (non-hydrogen) atoms. The highest BCUT2D eigenvalue weighted by Crippen LogP contribution is 2.18. The molecule has 0 aromatic carbocycles. The Morgan fingerprint density at radius 3 is 3.08 bits per heavy atom. The van der Waals surface area contributed by atoms with E-state index < -0.39 is 12.1 Å². The summed E-state index contributed by atoms with van der Waals surface area (Å²) in [5.74, 6) is -0.688. The molecule has 0 aliphatic heterocycles. The van der Waals surface area contributed by atoms with E-state index in [9.17, 15) is 9.50 Å². The second kappa shape index (κ2) is 4.50. The zero-order valence-corrected chi connectivity index (χ0v) is 7.85. The van der Waals surface area contributed by atoms with Crippen LogP contribution in [0.2, 0.25) is 5.02 Å². The Labute approximate surface area is 80.6 Å². The molecule has 1 aromatic heterocycles. The molecule has 5 heteroatoms. The van der Waals surface area contributed by atoms with Crippen LogP contribution in [0.4, 0.5) is 4.39 Å². The summed E-state index contributed by atoms with van der Waals surface area (Å²) >= 11 is 5.60. The minimum Gasteiger partial charge on any atom is -0.387 e. The van der Waals surface area contributed by atoms with Crippen LogP contribution in [0.25, 0.3) is 0 Å². The van der Waals surface area contributed by atoms with Crippen molar-refractivity contribution in [1.82, 2.24) is 10.3 Å². The van der Waals surface area contributed by atoms with E-state index in [1.54, 1.807) is 7.05 Å². The van der Waals surface area contributed by atoms with Crippen molar-refractivity contribution < 1.29 is 9.50 Å². The molecule has 0 amide bonds. The van der Waals surface area contributed by atoms with Gasteiger partial charge >= 0.3 is 0 Å². The number of halogens is 2. The molecule has 1 heterocycles. The quantitative estimate of drug-likeness (QED) is 0.726. The van der Waals surface area contributed by atoms with E-state index in [1.807, 2.05) is 0 Å². The first-order valence-corrected chi connectivity index (χ1v) is 4.16. The lowest BCUT2D eigenvalue weighted by molar-refractivity contribution is 0.172. The molecule has 1 aromatic rings. The molecule has 0 saturated heterocycles. The van der Waals surface area contributed by atoms with Crippen molar-refractivity contribution in [2.24, 2.45) is 0 Å². The fourth-order valence-electron chi connectivity index (χ4n) is 0.975. The lowest BCUT2D eigenvalue weighted by atomic mass is 10.1. The average Bonchev–Trinajstić information content (AvgIpc) is 2.09. The van der Waals surface area contributed by atoms with Crippen molar-refractivity contribution in [3.63, 3.8) is 0 Å². The number of aliphatic hydroxyl groups is 1. The maximum Gasteiger partial charge on any atom is 0.218 e. The van der Waals surface area contributed by atoms with E-state index in [0.29, 0.717) is 5.02 Å². The third-order valence-electron chi connectivity index (χ3n) is 1.59. The van der Waals surface area contributed by atoms with Crippen molar-refractivity contribution in [1.29, 1.82) is 0 Å². The first-order valence-electron chi connectivity index (χ1n) is 3.78. The highest BCUT2D eigenvalue weighted by molar-refractivity contribution is 6.30. The largest absolute Gasteiger partial charge is 0.387 e. The van der Waals surface area contributed by atoms with Gasteiger partial charge in [0.2, 0.25) is 5.95 Å². The fourth-order valence-corrected chi connectivity index (χ4v) is 1.14. The van der Waals surface area contributed by atoms with Gasteiger partial charge in [-0.05, 0) is 13.1 Å². The summed E-state index contributed by atoms with van der Waals surface area (Å²) in [5.41, 5.74) is 0.113. The van der Waals surface area contributed by atoms with Crippen molar-refractivity contribution in [2.75, 3.05) is 13.6 Å². The third-order valence-corrected chi connectivity index (χ3v) is 1.80. The number of likely N-dealkylation sites (N-methyl/N-ethyl adjacent to an activating group) is 1. The standard InChI is InChI=1S/C8H10ClFN2O/c1-11-4-7(13)6-2-5(9)3-12-8(6)10/h2-3,7,11,13H,4H2,1H3. The molecule has 3 nitrogen and oxygen atoms in total. The molecule has 0 aliphatic carbocycles. The molecule has 0 saturated carbocycles. The zero-order chi connectivity index (χ0) is 9.84. The Hall–Kier alpha value is -0.710. The van der Waals surface area contributed by atoms with Gasteiger partial charge in [-0.15, -0.1) is 0 Å². The lowest BCUT2D eigenvalue weighted by Gasteiger charge is -2.10. The molecule has 0 bridgehead atoms. The fraction of sp³-hybridized carbons (Fsp3) is 0.375. The molecular weight excluding hydrogens is 195 g/mol. The highest BCUT2D eigenvalue weighted by Gasteiger charge is 2.13. The van der Waals surface area contributed by atoms with Gasteiger partial charge in [0.15, 0.2) is 0 Å². The van der Waals surface area contributed by atoms with Crippen LogP contribution in [0.15, 0.2) is 12.3 Å². The van der Waals surface area contributed by atoms with Crippen LogP contribution in [-0.2, 0) is 0 Å². The number of hydrogen-bond donors (Lipinski definition) is 2. The SMILES string of the molecule is CNCC(O)c1cc(Cl)cnc1F. The summed E-state index contributed by atoms with van der Waals surface area (Å²) in [6.07, 6.45) is 0.281. The van der Waals surface area contributed by atoms with E-state index >= 15 is 0 Å². The number of nitrogens with zero attached hydrogens (tertiary/aromatic N) is 1. The van der Waals surface area contributed by atoms with E-state index in [2.05, 4.69) is 10.3 Å². The molecule has 72 valence electrons. The number of aliphatic hydroxyl groups excluding tert-OH is 1. The molecule has 1 unspecified atom stereocenters. The van der Waals surface area contributed by atoms with Crippen molar-refractivity contribution in [2.45, 2.75) is 6.10 Å². The normalized spacial score (nSPS) is 12.9. The first kappa shape index (κ1) is 10.4. The third kappa shape index (κ3) is 2.62. The maximum absolute atomic E-state index is 13.0. The van der Waals surface area contributed by atoms with E-state index in [1.165, 1.54) is 12.3 Å². The van der Waals surface area contributed by atoms with Gasteiger partial charge in [0.05, 0.1) is 11.1 Å². The second-order valence-corrected chi connectivity index (χ2v) is 3.04. The van der Waals surface area contributed by atoms with Gasteiger partial charge in [0.25, 0.3) is 0 Å². The smallest absolute Gasteiger partial charge is 0.218 e. The number of pyridine rings is 1. The molecule has 1 rings (SSSR count). The van der Waals surface area contributed by atoms with Crippen LogP contribution >= 0.6 is 11.6 Å². The van der Waals surface area contributed by atoms with E-state index in [-0.39, 0.29) is 12.1 Å². The summed E-state index contributed by atoms with van der Waals surface area (Å²) in [6.45, 7) is 0.263. The second-order valence-electron chi connectivity index (χ2n) is 2.61. The van der Waals surface area contributed by atoms with E-state index in [4.69, 9.17) is 11.6 Å². The number of aromatic nitrogens is 1. The summed E-state index contributed by atoms with van der Waals surface area (Å²) in [5, 5.41) is 12.5. The van der Waals surface area contributed by atoms with Crippen LogP contribution in [0.5, 0.6) is 0 Å². The Kier molecular flexibility index (Phi) is 3.59. The number of hydrogen-bond acceptors (Lipinski definition) is 3.